The summed E-state index contributed by atoms with van der Waals surface area (Å²) in [6.45, 7) is 0.261. The Morgan fingerprint density at radius 1 is 1.21 bits per heavy atom. The molecule has 0 heterocycles. The van der Waals surface area contributed by atoms with Gasteiger partial charge in [0.15, 0.2) is 0 Å². The molecule has 0 spiro atoms. The summed E-state index contributed by atoms with van der Waals surface area (Å²) >= 11 is 5.53. The summed E-state index contributed by atoms with van der Waals surface area (Å²) in [7, 11) is 0. The van der Waals surface area contributed by atoms with Crippen LogP contribution in [-0.2, 0) is 11.3 Å². The number of halogens is 2. The first-order valence-corrected chi connectivity index (χ1v) is 7.45. The zero-order valence-corrected chi connectivity index (χ0v) is 13.6. The molecule has 0 unspecified atom stereocenters. The van der Waals surface area contributed by atoms with E-state index in [4.69, 9.17) is 4.74 Å². The molecule has 2 aromatic carbocycles. The molecule has 0 saturated carbocycles. The lowest BCUT2D eigenvalue weighted by Gasteiger charge is -2.09. The normalized spacial score (nSPS) is 10.0. The van der Waals surface area contributed by atoms with Crippen LogP contribution in [0.25, 0.3) is 0 Å². The number of benzene rings is 2. The Balaban J connectivity index is 1.93. The van der Waals surface area contributed by atoms with Crippen molar-refractivity contribution in [3.8, 4) is 0 Å². The second-order valence-electron chi connectivity index (χ2n) is 3.81. The van der Waals surface area contributed by atoms with Gasteiger partial charge >= 0.3 is 6.09 Å². The molecule has 0 fully saturated rings. The van der Waals surface area contributed by atoms with Gasteiger partial charge in [0.25, 0.3) is 0 Å². The number of nitrogens with one attached hydrogen (secondary N) is 1. The van der Waals surface area contributed by atoms with E-state index in [9.17, 15) is 4.79 Å². The molecule has 0 aliphatic heterocycles. The third kappa shape index (κ3) is 4.50. The average molecular weight is 432 g/mol. The van der Waals surface area contributed by atoms with Crippen LogP contribution in [0.3, 0.4) is 0 Å². The van der Waals surface area contributed by atoms with Gasteiger partial charge in [-0.25, -0.2) is 4.79 Å². The van der Waals surface area contributed by atoms with Gasteiger partial charge in [0, 0.05) is 8.04 Å². The predicted octanol–water partition coefficient (Wildman–Crippen LogP) is 4.80. The Morgan fingerprint density at radius 3 is 2.68 bits per heavy atom. The molecule has 0 aliphatic rings. The summed E-state index contributed by atoms with van der Waals surface area (Å²) in [6.07, 6.45) is -0.458. The van der Waals surface area contributed by atoms with Crippen molar-refractivity contribution >= 4 is 50.3 Å². The quantitative estimate of drug-likeness (QED) is 0.708. The topological polar surface area (TPSA) is 38.3 Å². The van der Waals surface area contributed by atoms with Crippen LogP contribution in [0.1, 0.15) is 5.56 Å². The molecule has 3 nitrogen and oxygen atoms in total. The maximum atomic E-state index is 11.7. The van der Waals surface area contributed by atoms with E-state index in [0.717, 1.165) is 19.3 Å². The standard InChI is InChI=1S/C14H11BrINO2/c15-11-6-7-12(16)13(8-11)17-14(18)19-9-10-4-2-1-3-5-10/h1-8H,9H2,(H,17,18). The minimum Gasteiger partial charge on any atom is -0.444 e. The van der Waals surface area contributed by atoms with Gasteiger partial charge in [0.05, 0.1) is 5.69 Å². The number of carbonyl (C=O) groups excluding carboxylic acids is 1. The Morgan fingerprint density at radius 2 is 1.95 bits per heavy atom. The van der Waals surface area contributed by atoms with Crippen molar-refractivity contribution in [3.05, 3.63) is 62.1 Å². The zero-order valence-electron chi connectivity index (χ0n) is 9.90. The maximum Gasteiger partial charge on any atom is 0.411 e. The van der Waals surface area contributed by atoms with Crippen LogP contribution in [0.2, 0.25) is 0 Å². The van der Waals surface area contributed by atoms with Crippen molar-refractivity contribution < 1.29 is 9.53 Å². The average Bonchev–Trinajstić information content (AvgIpc) is 2.42. The van der Waals surface area contributed by atoms with Crippen molar-refractivity contribution in [1.82, 2.24) is 0 Å². The highest BCUT2D eigenvalue weighted by Gasteiger charge is 2.07. The first-order chi connectivity index (χ1) is 9.15. The molecule has 0 aromatic heterocycles. The summed E-state index contributed by atoms with van der Waals surface area (Å²) in [6, 6.07) is 15.2. The maximum absolute atomic E-state index is 11.7. The Hall–Kier alpha value is -1.08. The molecule has 0 radical (unpaired) electrons. The predicted molar refractivity (Wildman–Crippen MR) is 87.1 cm³/mol. The highest BCUT2D eigenvalue weighted by Crippen LogP contribution is 2.23. The van der Waals surface area contributed by atoms with Crippen molar-refractivity contribution in [2.45, 2.75) is 6.61 Å². The Bertz CT molecular complexity index is 575. The van der Waals surface area contributed by atoms with Gasteiger partial charge in [-0.15, -0.1) is 0 Å². The molecular formula is C14H11BrINO2. The van der Waals surface area contributed by atoms with Crippen molar-refractivity contribution in [1.29, 1.82) is 0 Å². The highest BCUT2D eigenvalue weighted by atomic mass is 127. The summed E-state index contributed by atoms with van der Waals surface area (Å²) in [4.78, 5) is 11.7. The fraction of sp³-hybridized carbons (Fsp3) is 0.0714. The molecule has 5 heteroatoms. The van der Waals surface area contributed by atoms with Gasteiger partial charge in [-0.1, -0.05) is 46.3 Å². The molecule has 2 aromatic rings. The fourth-order valence-corrected chi connectivity index (χ4v) is 2.29. The van der Waals surface area contributed by atoms with Gasteiger partial charge in [0.2, 0.25) is 0 Å². The van der Waals surface area contributed by atoms with E-state index in [1.165, 1.54) is 0 Å². The number of anilines is 1. The first-order valence-electron chi connectivity index (χ1n) is 5.58. The first kappa shape index (κ1) is 14.3. The molecule has 0 atom stereocenters. The monoisotopic (exact) mass is 431 g/mol. The van der Waals surface area contributed by atoms with E-state index in [-0.39, 0.29) is 6.61 Å². The number of hydrogen-bond donors (Lipinski definition) is 1. The summed E-state index contributed by atoms with van der Waals surface area (Å²) in [5.74, 6) is 0. The zero-order chi connectivity index (χ0) is 13.7. The van der Waals surface area contributed by atoms with Gasteiger partial charge in [-0.3, -0.25) is 5.32 Å². The highest BCUT2D eigenvalue weighted by molar-refractivity contribution is 14.1. The van der Waals surface area contributed by atoms with Crippen molar-refractivity contribution in [2.75, 3.05) is 5.32 Å². The molecule has 1 amide bonds. The number of ether oxygens (including phenoxy) is 1. The second kappa shape index (κ2) is 6.91. The van der Waals surface area contributed by atoms with E-state index in [1.807, 2.05) is 48.5 Å². The minimum absolute atomic E-state index is 0.261. The lowest BCUT2D eigenvalue weighted by Crippen LogP contribution is -2.14. The number of hydrogen-bond acceptors (Lipinski definition) is 2. The van der Waals surface area contributed by atoms with Crippen LogP contribution in [0, 0.1) is 3.57 Å². The van der Waals surface area contributed by atoms with Crippen LogP contribution in [0.5, 0.6) is 0 Å². The third-order valence-corrected chi connectivity index (χ3v) is 3.81. The van der Waals surface area contributed by atoms with Crippen molar-refractivity contribution in [2.24, 2.45) is 0 Å². The van der Waals surface area contributed by atoms with Crippen LogP contribution in [0.4, 0.5) is 10.5 Å². The van der Waals surface area contributed by atoms with E-state index >= 15 is 0 Å². The number of rotatable bonds is 3. The van der Waals surface area contributed by atoms with Crippen molar-refractivity contribution in [3.63, 3.8) is 0 Å². The van der Waals surface area contributed by atoms with Gasteiger partial charge in [-0.05, 0) is 46.4 Å². The van der Waals surface area contributed by atoms with Gasteiger partial charge < -0.3 is 4.74 Å². The van der Waals surface area contributed by atoms with Crippen LogP contribution < -0.4 is 5.32 Å². The molecule has 2 rings (SSSR count). The fourth-order valence-electron chi connectivity index (χ4n) is 1.46. The van der Waals surface area contributed by atoms with Gasteiger partial charge in [-0.2, -0.15) is 0 Å². The summed E-state index contributed by atoms with van der Waals surface area (Å²) in [5, 5.41) is 2.72. The lowest BCUT2D eigenvalue weighted by molar-refractivity contribution is 0.155. The molecule has 0 bridgehead atoms. The lowest BCUT2D eigenvalue weighted by atomic mass is 10.2. The largest absolute Gasteiger partial charge is 0.444 e. The molecule has 0 saturated heterocycles. The Kier molecular flexibility index (Phi) is 5.21. The van der Waals surface area contributed by atoms with E-state index < -0.39 is 6.09 Å². The smallest absolute Gasteiger partial charge is 0.411 e. The molecular weight excluding hydrogens is 421 g/mol. The summed E-state index contributed by atoms with van der Waals surface area (Å²) < 4.78 is 7.02. The van der Waals surface area contributed by atoms with E-state index in [0.29, 0.717) is 0 Å². The van der Waals surface area contributed by atoms with Gasteiger partial charge in [0.1, 0.15) is 6.61 Å². The second-order valence-corrected chi connectivity index (χ2v) is 5.89. The SMILES string of the molecule is O=C(Nc1cc(Br)ccc1I)OCc1ccccc1. The number of amides is 1. The van der Waals surface area contributed by atoms with Crippen LogP contribution in [-0.4, -0.2) is 6.09 Å². The molecule has 98 valence electrons. The summed E-state index contributed by atoms with van der Waals surface area (Å²) in [5.41, 5.74) is 1.69. The number of carbonyl (C=O) groups is 1. The Labute approximate surface area is 133 Å². The van der Waals surface area contributed by atoms with E-state index in [1.54, 1.807) is 0 Å². The van der Waals surface area contributed by atoms with Crippen LogP contribution >= 0.6 is 38.5 Å². The van der Waals surface area contributed by atoms with Crippen LogP contribution in [0.15, 0.2) is 53.0 Å². The molecule has 1 N–H and O–H groups in total. The molecule has 0 aliphatic carbocycles. The van der Waals surface area contributed by atoms with E-state index in [2.05, 4.69) is 43.8 Å². The molecule has 19 heavy (non-hydrogen) atoms. The minimum atomic E-state index is -0.458. The third-order valence-electron chi connectivity index (χ3n) is 2.38.